The molecule has 4 nitrogen and oxygen atoms in total. The molecule has 55 heavy (non-hydrogen) atoms. The molecule has 0 spiro atoms. The van der Waals surface area contributed by atoms with Gasteiger partial charge in [0.1, 0.15) is 0 Å². The maximum absolute atomic E-state index is 19.2. The number of halogens is 6. The van der Waals surface area contributed by atoms with Crippen LogP contribution in [0.25, 0.3) is 10.8 Å². The number of alkyl halides is 5. The van der Waals surface area contributed by atoms with E-state index in [1.54, 1.807) is 110 Å². The zero-order chi connectivity index (χ0) is 40.6. The van der Waals surface area contributed by atoms with Crippen molar-refractivity contribution in [3.8, 4) is 0 Å². The topological polar surface area (TPSA) is 57.9 Å². The Morgan fingerprint density at radius 2 is 1.11 bits per heavy atom. The van der Waals surface area contributed by atoms with Crippen LogP contribution in [-0.2, 0) is 16.6 Å². The number of hydrogen-bond acceptors (Lipinski definition) is 2. The van der Waals surface area contributed by atoms with Gasteiger partial charge in [-0.1, -0.05) is 6.07 Å². The molecule has 0 aliphatic heterocycles. The molecular formula is C44H53AuBrF5N2O2. The molecule has 5 rings (SSSR count). The zero-order valence-corrected chi connectivity index (χ0v) is 36.4. The van der Waals surface area contributed by atoms with E-state index >= 15 is 22.0 Å². The minimum absolute atomic E-state index is 0.0799. The van der Waals surface area contributed by atoms with Crippen molar-refractivity contribution >= 4 is 37.3 Å². The van der Waals surface area contributed by atoms with Crippen molar-refractivity contribution in [2.75, 3.05) is 6.61 Å². The third-order valence-electron chi connectivity index (χ3n) is 10.1. The van der Waals surface area contributed by atoms with Gasteiger partial charge in [0, 0.05) is 0 Å². The van der Waals surface area contributed by atoms with Crippen LogP contribution in [0.3, 0.4) is 0 Å². The summed E-state index contributed by atoms with van der Waals surface area (Å²) in [6, 6.07) is 22.3. The summed E-state index contributed by atoms with van der Waals surface area (Å²) in [6.45, 7) is 13.8. The number of aromatic nitrogens is 2. The monoisotopic (exact) mass is 1010 g/mol. The van der Waals surface area contributed by atoms with Crippen molar-refractivity contribution in [3.05, 3.63) is 123 Å². The van der Waals surface area contributed by atoms with Gasteiger partial charge in [-0.2, -0.15) is 0 Å². The normalized spacial score (nSPS) is 14.2. The van der Waals surface area contributed by atoms with Gasteiger partial charge in [-0.3, -0.25) is 0 Å². The van der Waals surface area contributed by atoms with E-state index in [9.17, 15) is 4.79 Å². The molecule has 4 aromatic carbocycles. The first-order valence-electron chi connectivity index (χ1n) is 18.6. The third-order valence-corrected chi connectivity index (χ3v) is 39.1. The Morgan fingerprint density at radius 3 is 1.55 bits per heavy atom. The Hall–Kier alpha value is -3.31. The standard InChI is InChI=1S/C16H15F2O2.2C12H17.C3H4N2.CF3.Au.BrH/c17-15(18)7-3-4-10-20-16(19)14-9-8-12-5-1-2-6-13(12)11-14;2*1-9(2)11-6-5-7-12(8-11)10(3)4;1-2-5-3-4-1;2-1(3)4;;/h1-2,5-6,8-9,11H,3-4,7,10H2;2*5-7,9-10H,1-4H3;1-2,4-5H;;;1H/q;;;;;+1;/p-1. The van der Waals surface area contributed by atoms with E-state index in [2.05, 4.69) is 23.0 Å². The molecule has 0 fully saturated rings. The van der Waals surface area contributed by atoms with Crippen LogP contribution in [0.15, 0.2) is 91.3 Å². The van der Waals surface area contributed by atoms with Gasteiger partial charge in [-0.05, 0) is 0 Å². The fraction of sp³-hybridized carbons (Fsp3) is 0.409. The molecule has 304 valence electrons. The number of carbonyl (C=O) groups excluding carboxylic acids is 1. The van der Waals surface area contributed by atoms with Crippen molar-refractivity contribution in [1.82, 2.24) is 9.97 Å². The predicted octanol–water partition coefficient (Wildman–Crippen LogP) is 12.8. The molecule has 5 aromatic rings. The van der Waals surface area contributed by atoms with E-state index in [1.807, 2.05) is 24.3 Å². The summed E-state index contributed by atoms with van der Waals surface area (Å²) in [6.07, 6.45) is 0.955. The second-order valence-electron chi connectivity index (χ2n) is 15.1. The number of nitrogens with one attached hydrogen (secondary N) is 2. The fourth-order valence-corrected chi connectivity index (χ4v) is 33.3. The molecule has 0 aliphatic carbocycles. The molecule has 1 heterocycles. The number of unbranched alkanes of at least 4 members (excludes halogenated alkanes) is 1. The number of benzene rings is 4. The molecule has 0 aliphatic rings. The van der Waals surface area contributed by atoms with Crippen LogP contribution in [0.4, 0.5) is 22.0 Å². The molecule has 0 radical (unpaired) electrons. The average Bonchev–Trinajstić information content (AvgIpc) is 3.69. The first kappa shape index (κ1) is 42.8. The summed E-state index contributed by atoms with van der Waals surface area (Å²) in [7, 11) is 0. The predicted molar refractivity (Wildman–Crippen MR) is 215 cm³/mol. The van der Waals surface area contributed by atoms with Gasteiger partial charge in [0.15, 0.2) is 0 Å². The number of esters is 1. The number of aromatic amines is 2. The molecule has 0 amide bonds. The molecule has 0 saturated carbocycles. The van der Waals surface area contributed by atoms with Gasteiger partial charge in [-0.15, -0.1) is 0 Å². The Balaban J connectivity index is 1.85. The third kappa shape index (κ3) is 6.07. The summed E-state index contributed by atoms with van der Waals surface area (Å²) < 4.78 is 86.5. The molecule has 0 saturated heterocycles. The molecule has 0 atom stereocenters. The van der Waals surface area contributed by atoms with E-state index < -0.39 is 60.1 Å². The van der Waals surface area contributed by atoms with Crippen molar-refractivity contribution in [2.24, 2.45) is 0 Å². The second kappa shape index (κ2) is 15.2. The first-order chi connectivity index (χ1) is 25.7. The number of imidazole rings is 1. The molecule has 0 unspecified atom stereocenters. The van der Waals surface area contributed by atoms with Gasteiger partial charge in [-0.25, -0.2) is 0 Å². The second-order valence-corrected chi connectivity index (χ2v) is 38.4. The van der Waals surface area contributed by atoms with Gasteiger partial charge >= 0.3 is 321 Å². The summed E-state index contributed by atoms with van der Waals surface area (Å²) in [5.74, 6) is -2.86. The Morgan fingerprint density at radius 1 is 0.655 bits per heavy atom. The Bertz CT molecular complexity index is 2200. The molecule has 1 aromatic heterocycles. The summed E-state index contributed by atoms with van der Waals surface area (Å²) in [4.78, 5) is 18.6. The molecular weight excluding hydrogens is 960 g/mol. The van der Waals surface area contributed by atoms with Crippen LogP contribution in [0.2, 0.25) is 0 Å². The number of rotatable bonds is 13. The van der Waals surface area contributed by atoms with Crippen LogP contribution < -0.4 is 7.56 Å². The zero-order valence-electron chi connectivity index (χ0n) is 32.7. The summed E-state index contributed by atoms with van der Waals surface area (Å²) >= 11 is -5.47. The summed E-state index contributed by atoms with van der Waals surface area (Å²) in [5, 5.41) is 1.78. The van der Waals surface area contributed by atoms with Crippen LogP contribution in [0.5, 0.6) is 0 Å². The Labute approximate surface area is 325 Å². The minimum atomic E-state index is -8.99. The van der Waals surface area contributed by atoms with E-state index in [1.165, 1.54) is 12.4 Å². The SMILES string of the molecule is CC(C)c1cccc(C(C)C)[c]1[Au]([Br])([c]1c(C(C)C)cccc1C(C)C)(=[c]1[nH]cc[nH]1)([C](F)(F)F)[C](F)(F)CCCCOC(=O)c1ccc2ccccc2c1. The van der Waals surface area contributed by atoms with E-state index in [0.717, 1.165) is 10.8 Å². The van der Waals surface area contributed by atoms with Crippen molar-refractivity contribution in [3.63, 3.8) is 0 Å². The number of hydrogen-bond donors (Lipinski definition) is 2. The van der Waals surface area contributed by atoms with Gasteiger partial charge in [0.2, 0.25) is 0 Å². The Kier molecular flexibility index (Phi) is 11.8. The quantitative estimate of drug-likeness (QED) is 0.0534. The van der Waals surface area contributed by atoms with E-state index in [-0.39, 0.29) is 49.3 Å². The van der Waals surface area contributed by atoms with E-state index in [4.69, 9.17) is 4.74 Å². The molecule has 2 N–H and O–H groups in total. The van der Waals surface area contributed by atoms with Crippen LogP contribution >= 0.6 is 13.0 Å². The summed E-state index contributed by atoms with van der Waals surface area (Å²) in [5.41, 5.74) is 1.14. The number of carbonyl (C=O) groups is 1. The molecule has 11 heteroatoms. The van der Waals surface area contributed by atoms with Crippen LogP contribution in [-0.4, -0.2) is 31.1 Å². The van der Waals surface area contributed by atoms with Gasteiger partial charge in [0.05, 0.1) is 0 Å². The number of ether oxygens (including phenoxy) is 1. The van der Waals surface area contributed by atoms with Crippen LogP contribution in [0.1, 0.15) is 131 Å². The van der Waals surface area contributed by atoms with Crippen molar-refractivity contribution < 1.29 is 43.4 Å². The van der Waals surface area contributed by atoms with Crippen molar-refractivity contribution in [2.45, 2.75) is 107 Å². The van der Waals surface area contributed by atoms with E-state index in [0.29, 0.717) is 5.56 Å². The van der Waals surface area contributed by atoms with Crippen LogP contribution in [0, 0.1) is 3.63 Å². The van der Waals surface area contributed by atoms with Crippen molar-refractivity contribution in [1.29, 1.82) is 0 Å². The van der Waals surface area contributed by atoms with Gasteiger partial charge in [0.25, 0.3) is 0 Å². The van der Waals surface area contributed by atoms with Gasteiger partial charge < -0.3 is 0 Å². The number of H-pyrrole nitrogens is 2. The maximum atomic E-state index is 19.2. The average molecular weight is 1010 g/mol. The first-order valence-corrected chi connectivity index (χ1v) is 28.7. The fourth-order valence-electron chi connectivity index (χ4n) is 7.20. The number of fused-ring (bicyclic) bond motifs is 1. The molecule has 0 bridgehead atoms.